The van der Waals surface area contributed by atoms with Crippen LogP contribution >= 0.6 is 23.8 Å². The first-order valence-corrected chi connectivity index (χ1v) is 3.65. The highest BCUT2D eigenvalue weighted by Crippen LogP contribution is 2.28. The van der Waals surface area contributed by atoms with Crippen molar-refractivity contribution in [1.29, 1.82) is 0 Å². The van der Waals surface area contributed by atoms with Crippen LogP contribution in [0.25, 0.3) is 0 Å². The maximum Gasteiger partial charge on any atom is 0.431 e. The van der Waals surface area contributed by atoms with Crippen molar-refractivity contribution < 1.29 is 13.2 Å². The van der Waals surface area contributed by atoms with Crippen LogP contribution in [-0.4, -0.2) is 4.98 Å². The molecule has 0 unspecified atom stereocenters. The molecule has 0 saturated heterocycles. The second-order valence-electron chi connectivity index (χ2n) is 2.06. The highest BCUT2D eigenvalue weighted by atomic mass is 35.5. The Balaban J connectivity index is 3.23. The molecule has 0 aliphatic rings. The highest BCUT2D eigenvalue weighted by molar-refractivity contribution is 7.71. The average Bonchev–Trinajstić information content (AvgIpc) is 1.92. The molecular weight excluding hydrogens is 211 g/mol. The van der Waals surface area contributed by atoms with E-state index in [2.05, 4.69) is 12.2 Å². The van der Waals surface area contributed by atoms with Crippen LogP contribution < -0.4 is 0 Å². The van der Waals surface area contributed by atoms with E-state index < -0.39 is 11.9 Å². The van der Waals surface area contributed by atoms with Gasteiger partial charge in [-0.1, -0.05) is 23.8 Å². The second-order valence-corrected chi connectivity index (χ2v) is 2.90. The van der Waals surface area contributed by atoms with Crippen molar-refractivity contribution in [2.75, 3.05) is 0 Å². The zero-order valence-electron chi connectivity index (χ0n) is 5.57. The van der Waals surface area contributed by atoms with Crippen LogP contribution in [0.3, 0.4) is 0 Å². The highest BCUT2D eigenvalue weighted by Gasteiger charge is 2.31. The molecule has 1 aromatic heterocycles. The topological polar surface area (TPSA) is 15.8 Å². The zero-order chi connectivity index (χ0) is 9.35. The first kappa shape index (κ1) is 9.54. The smallest absolute Gasteiger partial charge is 0.356 e. The van der Waals surface area contributed by atoms with E-state index in [1.165, 1.54) is 0 Å². The van der Waals surface area contributed by atoms with Crippen LogP contribution in [0, 0.1) is 4.51 Å². The summed E-state index contributed by atoms with van der Waals surface area (Å²) in [5.41, 5.74) is -0.892. The van der Waals surface area contributed by atoms with Gasteiger partial charge in [-0.25, -0.2) is 0 Å². The van der Waals surface area contributed by atoms with Gasteiger partial charge in [-0.2, -0.15) is 13.2 Å². The number of aromatic amines is 1. The fourth-order valence-corrected chi connectivity index (χ4v) is 0.903. The predicted octanol–water partition coefficient (Wildman–Crippen LogP) is 3.42. The van der Waals surface area contributed by atoms with Gasteiger partial charge >= 0.3 is 6.18 Å². The average molecular weight is 214 g/mol. The summed E-state index contributed by atoms with van der Waals surface area (Å²) in [5, 5.41) is 0.109. The molecule has 0 amide bonds. The van der Waals surface area contributed by atoms with Gasteiger partial charge in [0.1, 0.15) is 5.69 Å². The number of H-pyrrole nitrogens is 1. The Kier molecular flexibility index (Phi) is 2.44. The molecule has 0 aliphatic heterocycles. The van der Waals surface area contributed by atoms with E-state index in [9.17, 15) is 13.2 Å². The van der Waals surface area contributed by atoms with Crippen molar-refractivity contribution in [3.8, 4) is 0 Å². The number of hydrogen-bond acceptors (Lipinski definition) is 1. The summed E-state index contributed by atoms with van der Waals surface area (Å²) in [5.74, 6) is 0. The monoisotopic (exact) mass is 213 g/mol. The van der Waals surface area contributed by atoms with Gasteiger partial charge < -0.3 is 4.98 Å². The molecule has 0 fully saturated rings. The van der Waals surface area contributed by atoms with E-state index in [4.69, 9.17) is 11.6 Å². The Labute approximate surface area is 76.2 Å². The minimum absolute atomic E-state index is 0.0114. The Morgan fingerprint density at radius 2 is 2.00 bits per heavy atom. The van der Waals surface area contributed by atoms with Crippen molar-refractivity contribution in [2.45, 2.75) is 6.18 Å². The van der Waals surface area contributed by atoms with Gasteiger partial charge in [-0.3, -0.25) is 0 Å². The number of rotatable bonds is 0. The lowest BCUT2D eigenvalue weighted by Gasteiger charge is -2.05. The molecule has 1 N–H and O–H groups in total. The summed E-state index contributed by atoms with van der Waals surface area (Å²) in [7, 11) is 0. The third-order valence-electron chi connectivity index (χ3n) is 1.17. The van der Waals surface area contributed by atoms with E-state index in [1.807, 2.05) is 4.98 Å². The molecule has 0 bridgehead atoms. The van der Waals surface area contributed by atoms with Crippen LogP contribution in [0.2, 0.25) is 5.02 Å². The van der Waals surface area contributed by atoms with E-state index in [-0.39, 0.29) is 9.53 Å². The molecule has 1 rings (SSSR count). The summed E-state index contributed by atoms with van der Waals surface area (Å²) in [4.78, 5) is 1.99. The van der Waals surface area contributed by atoms with Crippen LogP contribution in [0.4, 0.5) is 13.2 Å². The Hall–Kier alpha value is -0.550. The molecule has 66 valence electrons. The molecule has 1 heterocycles. The molecule has 1 aromatic rings. The molecular formula is C6H3ClF3NS. The molecule has 0 saturated carbocycles. The zero-order valence-corrected chi connectivity index (χ0v) is 7.15. The Morgan fingerprint density at radius 1 is 1.42 bits per heavy atom. The molecule has 12 heavy (non-hydrogen) atoms. The lowest BCUT2D eigenvalue weighted by atomic mass is 10.3. The van der Waals surface area contributed by atoms with Crippen molar-refractivity contribution in [3.63, 3.8) is 0 Å². The van der Waals surface area contributed by atoms with E-state index in [0.29, 0.717) is 0 Å². The quantitative estimate of drug-likeness (QED) is 0.653. The summed E-state index contributed by atoms with van der Waals surface area (Å²) in [6, 6.07) is 0.789. The first-order chi connectivity index (χ1) is 5.41. The lowest BCUT2D eigenvalue weighted by Crippen LogP contribution is -2.07. The molecule has 0 atom stereocenters. The third-order valence-corrected chi connectivity index (χ3v) is 1.93. The van der Waals surface area contributed by atoms with Gasteiger partial charge in [0.2, 0.25) is 0 Å². The summed E-state index contributed by atoms with van der Waals surface area (Å²) < 4.78 is 35.9. The van der Waals surface area contributed by atoms with Crippen LogP contribution in [0.1, 0.15) is 5.69 Å². The van der Waals surface area contributed by atoms with E-state index in [1.54, 1.807) is 0 Å². The van der Waals surface area contributed by atoms with E-state index >= 15 is 0 Å². The molecule has 0 aromatic carbocycles. The molecule has 0 spiro atoms. The minimum Gasteiger partial charge on any atom is -0.356 e. The summed E-state index contributed by atoms with van der Waals surface area (Å²) in [6.07, 6.45) is -3.38. The normalized spacial score (nSPS) is 11.7. The predicted molar refractivity (Wildman–Crippen MR) is 41.6 cm³/mol. The fraction of sp³-hybridized carbons (Fsp3) is 0.167. The Morgan fingerprint density at radius 3 is 2.42 bits per heavy atom. The number of nitrogens with one attached hydrogen (secondary N) is 1. The molecule has 6 heteroatoms. The standard InChI is InChI=1S/C6H3ClF3NS/c7-3-2-11-5(1-4(3)12)6(8,9)10/h1-2H,(H,11,12). The SMILES string of the molecule is FC(F)(F)c1cc(=S)c(Cl)c[nH]1. The molecule has 0 aliphatic carbocycles. The van der Waals surface area contributed by atoms with E-state index in [0.717, 1.165) is 12.3 Å². The van der Waals surface area contributed by atoms with Crippen LogP contribution in [0.15, 0.2) is 12.3 Å². The van der Waals surface area contributed by atoms with Crippen molar-refractivity contribution >= 4 is 23.8 Å². The number of aromatic nitrogens is 1. The lowest BCUT2D eigenvalue weighted by molar-refractivity contribution is -0.141. The van der Waals surface area contributed by atoms with Gasteiger partial charge in [-0.05, 0) is 6.07 Å². The third kappa shape index (κ3) is 1.98. The number of hydrogen-bond donors (Lipinski definition) is 1. The fourth-order valence-electron chi connectivity index (χ4n) is 0.618. The number of pyridine rings is 1. The van der Waals surface area contributed by atoms with Crippen molar-refractivity contribution in [1.82, 2.24) is 4.98 Å². The van der Waals surface area contributed by atoms with Gasteiger partial charge in [0.15, 0.2) is 0 Å². The minimum atomic E-state index is -4.40. The number of alkyl halides is 3. The number of halogens is 4. The molecule has 0 radical (unpaired) electrons. The van der Waals surface area contributed by atoms with Gasteiger partial charge in [-0.15, -0.1) is 0 Å². The second kappa shape index (κ2) is 3.06. The Bertz CT molecular complexity index is 343. The van der Waals surface area contributed by atoms with Gasteiger partial charge in [0, 0.05) is 6.20 Å². The maximum absolute atomic E-state index is 12.0. The van der Waals surface area contributed by atoms with Crippen LogP contribution in [-0.2, 0) is 6.18 Å². The molecule has 1 nitrogen and oxygen atoms in total. The first-order valence-electron chi connectivity index (χ1n) is 2.86. The summed E-state index contributed by atoms with van der Waals surface area (Å²) >= 11 is 9.99. The maximum atomic E-state index is 12.0. The van der Waals surface area contributed by atoms with Gasteiger partial charge in [0.05, 0.1) is 9.53 Å². The summed E-state index contributed by atoms with van der Waals surface area (Å²) in [6.45, 7) is 0. The largest absolute Gasteiger partial charge is 0.431 e. The van der Waals surface area contributed by atoms with Crippen molar-refractivity contribution in [3.05, 3.63) is 27.5 Å². The van der Waals surface area contributed by atoms with Crippen LogP contribution in [0.5, 0.6) is 0 Å². The van der Waals surface area contributed by atoms with Gasteiger partial charge in [0.25, 0.3) is 0 Å². The van der Waals surface area contributed by atoms with Crippen molar-refractivity contribution in [2.24, 2.45) is 0 Å².